The zero-order chi connectivity index (χ0) is 10.9. The minimum atomic E-state index is 0.508. The van der Waals surface area contributed by atoms with Gasteiger partial charge in [-0.15, -0.1) is 0 Å². The smallest absolute Gasteiger partial charge is 0.0619 e. The summed E-state index contributed by atoms with van der Waals surface area (Å²) < 4.78 is 11.0. The lowest BCUT2D eigenvalue weighted by Gasteiger charge is -2.20. The first-order chi connectivity index (χ1) is 7.36. The Morgan fingerprint density at radius 3 is 2.93 bits per heavy atom. The molecule has 2 atom stereocenters. The fraction of sp³-hybridized carbons (Fsp3) is 1.00. The molecule has 0 bridgehead atoms. The molecule has 3 heteroatoms. The molecule has 0 aromatic carbocycles. The second-order valence-electron chi connectivity index (χ2n) is 4.29. The molecule has 0 aromatic heterocycles. The minimum Gasteiger partial charge on any atom is -0.381 e. The molecule has 90 valence electrons. The highest BCUT2D eigenvalue weighted by Crippen LogP contribution is 2.18. The Balaban J connectivity index is 2.16. The van der Waals surface area contributed by atoms with Crippen LogP contribution in [0.5, 0.6) is 0 Å². The highest BCUT2D eigenvalue weighted by molar-refractivity contribution is 4.73. The average Bonchev–Trinajstić information content (AvgIpc) is 2.71. The largest absolute Gasteiger partial charge is 0.381 e. The molecule has 1 rings (SSSR count). The maximum absolute atomic E-state index is 5.60. The highest BCUT2D eigenvalue weighted by atomic mass is 16.5. The van der Waals surface area contributed by atoms with Crippen LogP contribution >= 0.6 is 0 Å². The van der Waals surface area contributed by atoms with Crippen LogP contribution in [0.15, 0.2) is 0 Å². The van der Waals surface area contributed by atoms with E-state index in [-0.39, 0.29) is 0 Å². The number of rotatable bonds is 8. The van der Waals surface area contributed by atoms with E-state index < -0.39 is 0 Å². The normalized spacial score (nSPS) is 23.2. The quantitative estimate of drug-likeness (QED) is 0.626. The number of hydrogen-bond donors (Lipinski definition) is 1. The van der Waals surface area contributed by atoms with Gasteiger partial charge < -0.3 is 14.8 Å². The van der Waals surface area contributed by atoms with Crippen molar-refractivity contribution in [1.29, 1.82) is 0 Å². The second-order valence-corrected chi connectivity index (χ2v) is 4.29. The molecule has 0 aromatic rings. The van der Waals surface area contributed by atoms with E-state index in [4.69, 9.17) is 9.47 Å². The molecule has 2 unspecified atom stereocenters. The van der Waals surface area contributed by atoms with Gasteiger partial charge in [-0.3, -0.25) is 0 Å². The number of ether oxygens (including phenoxy) is 2. The van der Waals surface area contributed by atoms with E-state index in [1.807, 2.05) is 0 Å². The number of likely N-dealkylation sites (N-methyl/N-ethyl adjacent to an activating group) is 1. The maximum Gasteiger partial charge on any atom is 0.0619 e. The van der Waals surface area contributed by atoms with Crippen molar-refractivity contribution in [3.8, 4) is 0 Å². The van der Waals surface area contributed by atoms with Crippen LogP contribution in [-0.4, -0.2) is 39.0 Å². The molecule has 0 radical (unpaired) electrons. The molecule has 0 saturated carbocycles. The Morgan fingerprint density at radius 2 is 2.33 bits per heavy atom. The SMILES string of the molecule is CCCOCC(CC1CCOC1)NCC. The van der Waals surface area contributed by atoms with Crippen LogP contribution in [0.2, 0.25) is 0 Å². The van der Waals surface area contributed by atoms with Crippen molar-refractivity contribution in [1.82, 2.24) is 5.32 Å². The Labute approximate surface area is 93.5 Å². The maximum atomic E-state index is 5.60. The molecule has 0 amide bonds. The average molecular weight is 215 g/mol. The molecule has 15 heavy (non-hydrogen) atoms. The lowest BCUT2D eigenvalue weighted by molar-refractivity contribution is 0.102. The van der Waals surface area contributed by atoms with Crippen LogP contribution in [0.4, 0.5) is 0 Å². The molecule has 0 spiro atoms. The molecular weight excluding hydrogens is 190 g/mol. The van der Waals surface area contributed by atoms with Crippen LogP contribution in [-0.2, 0) is 9.47 Å². The van der Waals surface area contributed by atoms with E-state index in [1.54, 1.807) is 0 Å². The van der Waals surface area contributed by atoms with Crippen LogP contribution < -0.4 is 5.32 Å². The van der Waals surface area contributed by atoms with E-state index in [0.29, 0.717) is 6.04 Å². The summed E-state index contributed by atoms with van der Waals surface area (Å²) in [6, 6.07) is 0.508. The lowest BCUT2D eigenvalue weighted by Crippen LogP contribution is -2.35. The van der Waals surface area contributed by atoms with Gasteiger partial charge in [0.2, 0.25) is 0 Å². The van der Waals surface area contributed by atoms with Crippen molar-refractivity contribution >= 4 is 0 Å². The van der Waals surface area contributed by atoms with Crippen molar-refractivity contribution < 1.29 is 9.47 Å². The predicted octanol–water partition coefficient (Wildman–Crippen LogP) is 1.82. The van der Waals surface area contributed by atoms with Crippen molar-refractivity contribution in [3.63, 3.8) is 0 Å². The molecule has 1 heterocycles. The lowest BCUT2D eigenvalue weighted by atomic mass is 9.99. The molecule has 1 aliphatic heterocycles. The van der Waals surface area contributed by atoms with Gasteiger partial charge in [0.15, 0.2) is 0 Å². The molecule has 1 N–H and O–H groups in total. The third-order valence-electron chi connectivity index (χ3n) is 2.80. The van der Waals surface area contributed by atoms with Gasteiger partial charge in [0.1, 0.15) is 0 Å². The Hall–Kier alpha value is -0.120. The van der Waals surface area contributed by atoms with Gasteiger partial charge in [-0.25, -0.2) is 0 Å². The topological polar surface area (TPSA) is 30.5 Å². The van der Waals surface area contributed by atoms with Gasteiger partial charge in [0.05, 0.1) is 6.61 Å². The van der Waals surface area contributed by atoms with Crippen molar-refractivity contribution in [2.75, 3.05) is 33.0 Å². The standard InChI is InChI=1S/C12H25NO2/c1-3-6-14-10-12(13-4-2)8-11-5-7-15-9-11/h11-13H,3-10H2,1-2H3. The summed E-state index contributed by atoms with van der Waals surface area (Å²) in [7, 11) is 0. The zero-order valence-electron chi connectivity index (χ0n) is 10.1. The van der Waals surface area contributed by atoms with E-state index in [9.17, 15) is 0 Å². The van der Waals surface area contributed by atoms with Crippen molar-refractivity contribution in [2.45, 2.75) is 39.2 Å². The van der Waals surface area contributed by atoms with Gasteiger partial charge in [-0.05, 0) is 31.7 Å². The summed E-state index contributed by atoms with van der Waals surface area (Å²) in [6.07, 6.45) is 3.51. The molecule has 1 aliphatic rings. The summed E-state index contributed by atoms with van der Waals surface area (Å²) >= 11 is 0. The van der Waals surface area contributed by atoms with Crippen molar-refractivity contribution in [2.24, 2.45) is 5.92 Å². The summed E-state index contributed by atoms with van der Waals surface area (Å²) in [6.45, 7) is 8.93. The number of hydrogen-bond acceptors (Lipinski definition) is 3. The minimum absolute atomic E-state index is 0.508. The molecule has 0 aliphatic carbocycles. The van der Waals surface area contributed by atoms with Gasteiger partial charge in [0.25, 0.3) is 0 Å². The summed E-state index contributed by atoms with van der Waals surface area (Å²) in [5.41, 5.74) is 0. The summed E-state index contributed by atoms with van der Waals surface area (Å²) in [5.74, 6) is 0.735. The predicted molar refractivity (Wildman–Crippen MR) is 62.1 cm³/mol. The van der Waals surface area contributed by atoms with Gasteiger partial charge in [-0.1, -0.05) is 13.8 Å². The second kappa shape index (κ2) is 8.08. The molecule has 1 saturated heterocycles. The molecule has 3 nitrogen and oxygen atoms in total. The Bertz CT molecular complexity index is 147. The number of nitrogens with one attached hydrogen (secondary N) is 1. The molecule has 1 fully saturated rings. The summed E-state index contributed by atoms with van der Waals surface area (Å²) in [5, 5.41) is 3.49. The van der Waals surface area contributed by atoms with Crippen LogP contribution in [0.25, 0.3) is 0 Å². The highest BCUT2D eigenvalue weighted by Gasteiger charge is 2.20. The van der Waals surface area contributed by atoms with E-state index in [2.05, 4.69) is 19.2 Å². The fourth-order valence-electron chi connectivity index (χ4n) is 2.04. The van der Waals surface area contributed by atoms with E-state index in [1.165, 1.54) is 12.8 Å². The third-order valence-corrected chi connectivity index (χ3v) is 2.80. The first-order valence-corrected chi connectivity index (χ1v) is 6.25. The van der Waals surface area contributed by atoms with Gasteiger partial charge in [0, 0.05) is 25.9 Å². The van der Waals surface area contributed by atoms with E-state index in [0.717, 1.165) is 45.3 Å². The van der Waals surface area contributed by atoms with Gasteiger partial charge >= 0.3 is 0 Å². The Kier molecular flexibility index (Phi) is 6.98. The van der Waals surface area contributed by atoms with Gasteiger partial charge in [-0.2, -0.15) is 0 Å². The van der Waals surface area contributed by atoms with Crippen LogP contribution in [0, 0.1) is 5.92 Å². The Morgan fingerprint density at radius 1 is 1.47 bits per heavy atom. The fourth-order valence-corrected chi connectivity index (χ4v) is 2.04. The summed E-state index contributed by atoms with van der Waals surface area (Å²) in [4.78, 5) is 0. The van der Waals surface area contributed by atoms with Crippen molar-refractivity contribution in [3.05, 3.63) is 0 Å². The van der Waals surface area contributed by atoms with Crippen LogP contribution in [0.3, 0.4) is 0 Å². The zero-order valence-corrected chi connectivity index (χ0v) is 10.1. The monoisotopic (exact) mass is 215 g/mol. The van der Waals surface area contributed by atoms with E-state index >= 15 is 0 Å². The first-order valence-electron chi connectivity index (χ1n) is 6.25. The molecular formula is C12H25NO2. The third kappa shape index (κ3) is 5.50. The first kappa shape index (κ1) is 12.9. The van der Waals surface area contributed by atoms with Crippen LogP contribution in [0.1, 0.15) is 33.1 Å².